The van der Waals surface area contributed by atoms with E-state index in [9.17, 15) is 9.59 Å². The quantitative estimate of drug-likeness (QED) is 0.780. The van der Waals surface area contributed by atoms with Gasteiger partial charge in [0.1, 0.15) is 0 Å². The number of piperazine rings is 1. The molecule has 21 heavy (non-hydrogen) atoms. The average molecular weight is 310 g/mol. The van der Waals surface area contributed by atoms with Crippen LogP contribution < -0.4 is 0 Å². The van der Waals surface area contributed by atoms with Gasteiger partial charge < -0.3 is 9.64 Å². The van der Waals surface area contributed by atoms with E-state index in [-0.39, 0.29) is 24.7 Å². The number of carbonyl (C=O) groups excluding carboxylic acids is 2. The summed E-state index contributed by atoms with van der Waals surface area (Å²) in [6.45, 7) is 5.43. The van der Waals surface area contributed by atoms with Gasteiger partial charge in [-0.3, -0.25) is 14.5 Å². The zero-order valence-electron chi connectivity index (χ0n) is 12.6. The van der Waals surface area contributed by atoms with Crippen LogP contribution in [0.5, 0.6) is 0 Å². The van der Waals surface area contributed by atoms with Crippen LogP contribution in [-0.4, -0.2) is 55.0 Å². The molecule has 0 aliphatic carbocycles. The number of amides is 1. The van der Waals surface area contributed by atoms with Crippen LogP contribution in [0.1, 0.15) is 30.7 Å². The SMILES string of the molecule is COC(=O)CCC(=O)N1CCN(C(C)c2cccs2)CC1. The molecule has 0 saturated carbocycles. The normalized spacial score (nSPS) is 17.5. The van der Waals surface area contributed by atoms with Gasteiger partial charge in [-0.25, -0.2) is 0 Å². The van der Waals surface area contributed by atoms with Gasteiger partial charge in [0.05, 0.1) is 13.5 Å². The molecule has 1 aliphatic heterocycles. The first-order valence-corrected chi connectivity index (χ1v) is 8.12. The largest absolute Gasteiger partial charge is 0.469 e. The molecule has 2 heterocycles. The Bertz CT molecular complexity index is 467. The van der Waals surface area contributed by atoms with Crippen LogP contribution in [0.2, 0.25) is 0 Å². The molecule has 1 fully saturated rings. The monoisotopic (exact) mass is 310 g/mol. The Hall–Kier alpha value is -1.40. The summed E-state index contributed by atoms with van der Waals surface area (Å²) in [5, 5.41) is 2.10. The molecule has 1 amide bonds. The van der Waals surface area contributed by atoms with Crippen LogP contribution in [-0.2, 0) is 14.3 Å². The summed E-state index contributed by atoms with van der Waals surface area (Å²) < 4.78 is 4.56. The molecule has 0 radical (unpaired) electrons. The third kappa shape index (κ3) is 4.28. The molecule has 0 aromatic carbocycles. The average Bonchev–Trinajstić information content (AvgIpc) is 3.06. The highest BCUT2D eigenvalue weighted by Crippen LogP contribution is 2.25. The van der Waals surface area contributed by atoms with Crippen molar-refractivity contribution in [2.45, 2.75) is 25.8 Å². The second-order valence-electron chi connectivity index (χ2n) is 5.18. The van der Waals surface area contributed by atoms with Gasteiger partial charge in [0.25, 0.3) is 0 Å². The van der Waals surface area contributed by atoms with Crippen molar-refractivity contribution in [3.63, 3.8) is 0 Å². The first-order valence-electron chi connectivity index (χ1n) is 7.24. The van der Waals surface area contributed by atoms with Crippen molar-refractivity contribution in [2.75, 3.05) is 33.3 Å². The Kier molecular flexibility index (Phi) is 5.76. The molecule has 116 valence electrons. The second-order valence-corrected chi connectivity index (χ2v) is 6.16. The minimum Gasteiger partial charge on any atom is -0.469 e. The van der Waals surface area contributed by atoms with Crippen LogP contribution >= 0.6 is 11.3 Å². The van der Waals surface area contributed by atoms with Gasteiger partial charge in [-0.1, -0.05) is 6.07 Å². The molecular weight excluding hydrogens is 288 g/mol. The van der Waals surface area contributed by atoms with E-state index in [1.165, 1.54) is 12.0 Å². The number of rotatable bonds is 5. The fourth-order valence-corrected chi connectivity index (χ4v) is 3.35. The van der Waals surface area contributed by atoms with E-state index in [1.807, 2.05) is 4.90 Å². The van der Waals surface area contributed by atoms with Crippen molar-refractivity contribution >= 4 is 23.2 Å². The number of ether oxygens (including phenoxy) is 1. The standard InChI is InChI=1S/C15H22N2O3S/c1-12(13-4-3-11-21-13)16-7-9-17(10-8-16)14(18)5-6-15(19)20-2/h3-4,11-12H,5-10H2,1-2H3. The fraction of sp³-hybridized carbons (Fsp3) is 0.600. The highest BCUT2D eigenvalue weighted by molar-refractivity contribution is 7.10. The number of thiophene rings is 1. The van der Waals surface area contributed by atoms with E-state index in [1.54, 1.807) is 11.3 Å². The van der Waals surface area contributed by atoms with E-state index in [0.717, 1.165) is 26.2 Å². The van der Waals surface area contributed by atoms with Gasteiger partial charge in [0.15, 0.2) is 0 Å². The third-order valence-electron chi connectivity index (χ3n) is 3.94. The zero-order chi connectivity index (χ0) is 15.2. The summed E-state index contributed by atoms with van der Waals surface area (Å²) in [5.74, 6) is -0.280. The lowest BCUT2D eigenvalue weighted by molar-refractivity contribution is -0.144. The van der Waals surface area contributed by atoms with E-state index < -0.39 is 0 Å². The van der Waals surface area contributed by atoms with Gasteiger partial charge in [-0.15, -0.1) is 11.3 Å². The molecule has 1 atom stereocenters. The summed E-state index contributed by atoms with van der Waals surface area (Å²) in [6, 6.07) is 4.63. The Balaban J connectivity index is 1.77. The van der Waals surface area contributed by atoms with Crippen molar-refractivity contribution in [3.8, 4) is 0 Å². The zero-order valence-corrected chi connectivity index (χ0v) is 13.4. The number of esters is 1. The van der Waals surface area contributed by atoms with Crippen molar-refractivity contribution in [2.24, 2.45) is 0 Å². The lowest BCUT2D eigenvalue weighted by Crippen LogP contribution is -2.49. The molecular formula is C15H22N2O3S. The minimum absolute atomic E-state index is 0.0452. The fourth-order valence-electron chi connectivity index (χ4n) is 2.54. The topological polar surface area (TPSA) is 49.9 Å². The lowest BCUT2D eigenvalue weighted by Gasteiger charge is -2.37. The number of methoxy groups -OCH3 is 1. The van der Waals surface area contributed by atoms with Crippen molar-refractivity contribution in [1.82, 2.24) is 9.80 Å². The predicted molar refractivity (Wildman–Crippen MR) is 82.1 cm³/mol. The van der Waals surface area contributed by atoms with Crippen LogP contribution in [0, 0.1) is 0 Å². The third-order valence-corrected chi connectivity index (χ3v) is 4.98. The second kappa shape index (κ2) is 7.56. The van der Waals surface area contributed by atoms with Crippen LogP contribution in [0.4, 0.5) is 0 Å². The first kappa shape index (κ1) is 16.0. The summed E-state index contributed by atoms with van der Waals surface area (Å²) in [4.78, 5) is 28.7. The summed E-state index contributed by atoms with van der Waals surface area (Å²) >= 11 is 1.77. The highest BCUT2D eigenvalue weighted by atomic mass is 32.1. The summed E-state index contributed by atoms with van der Waals surface area (Å²) in [7, 11) is 1.34. The smallest absolute Gasteiger partial charge is 0.306 e. The van der Waals surface area contributed by atoms with E-state index in [0.29, 0.717) is 6.04 Å². The van der Waals surface area contributed by atoms with Crippen molar-refractivity contribution < 1.29 is 14.3 Å². The Morgan fingerprint density at radius 2 is 2.00 bits per heavy atom. The minimum atomic E-state index is -0.326. The molecule has 2 rings (SSSR count). The highest BCUT2D eigenvalue weighted by Gasteiger charge is 2.25. The Morgan fingerprint density at radius 1 is 1.29 bits per heavy atom. The number of hydrogen-bond acceptors (Lipinski definition) is 5. The summed E-state index contributed by atoms with van der Waals surface area (Å²) in [5.41, 5.74) is 0. The number of hydrogen-bond donors (Lipinski definition) is 0. The maximum absolute atomic E-state index is 12.0. The lowest BCUT2D eigenvalue weighted by atomic mass is 10.2. The molecule has 1 saturated heterocycles. The Morgan fingerprint density at radius 3 is 2.57 bits per heavy atom. The molecule has 1 aromatic rings. The van der Waals surface area contributed by atoms with Crippen molar-refractivity contribution in [3.05, 3.63) is 22.4 Å². The van der Waals surface area contributed by atoms with Crippen LogP contribution in [0.15, 0.2) is 17.5 Å². The predicted octanol–water partition coefficient (Wildman–Crippen LogP) is 1.91. The van der Waals surface area contributed by atoms with Crippen LogP contribution in [0.3, 0.4) is 0 Å². The number of carbonyl (C=O) groups is 2. The van der Waals surface area contributed by atoms with E-state index in [2.05, 4.69) is 34.1 Å². The molecule has 0 spiro atoms. The van der Waals surface area contributed by atoms with Gasteiger partial charge >= 0.3 is 5.97 Å². The molecule has 6 heteroatoms. The first-order chi connectivity index (χ1) is 10.1. The summed E-state index contributed by atoms with van der Waals surface area (Å²) in [6.07, 6.45) is 0.411. The van der Waals surface area contributed by atoms with Gasteiger partial charge in [0, 0.05) is 43.5 Å². The molecule has 1 unspecified atom stereocenters. The molecule has 0 bridgehead atoms. The van der Waals surface area contributed by atoms with Crippen molar-refractivity contribution in [1.29, 1.82) is 0 Å². The van der Waals surface area contributed by atoms with Gasteiger partial charge in [0.2, 0.25) is 5.91 Å². The van der Waals surface area contributed by atoms with E-state index >= 15 is 0 Å². The number of nitrogens with zero attached hydrogens (tertiary/aromatic N) is 2. The van der Waals surface area contributed by atoms with Gasteiger partial charge in [-0.05, 0) is 18.4 Å². The molecule has 5 nitrogen and oxygen atoms in total. The Labute approximate surface area is 129 Å². The van der Waals surface area contributed by atoms with Gasteiger partial charge in [-0.2, -0.15) is 0 Å². The maximum Gasteiger partial charge on any atom is 0.306 e. The molecule has 1 aromatic heterocycles. The molecule has 0 N–H and O–H groups in total. The maximum atomic E-state index is 12.0. The van der Waals surface area contributed by atoms with E-state index in [4.69, 9.17) is 0 Å². The van der Waals surface area contributed by atoms with Crippen LogP contribution in [0.25, 0.3) is 0 Å². The molecule has 1 aliphatic rings.